The third-order valence-electron chi connectivity index (χ3n) is 6.68. The molecule has 4 atom stereocenters. The quantitative estimate of drug-likeness (QED) is 0.795. The number of likely N-dealkylation sites (N-methyl/N-ethyl adjacent to an activating group) is 1. The number of piperidine rings is 1. The molecule has 2 aliphatic heterocycles. The van der Waals surface area contributed by atoms with Gasteiger partial charge >= 0.3 is 0 Å². The van der Waals surface area contributed by atoms with Gasteiger partial charge in [-0.2, -0.15) is 0 Å². The SMILES string of the molecule is COC1=CCC2C3Cc4ccc(C)c5c4[C@@]2(CCN3C)[C@H]1O5. The Morgan fingerprint density at radius 2 is 2.23 bits per heavy atom. The van der Waals surface area contributed by atoms with E-state index in [2.05, 4.69) is 37.1 Å². The summed E-state index contributed by atoms with van der Waals surface area (Å²) in [7, 11) is 4.08. The predicted molar refractivity (Wildman–Crippen MR) is 85.2 cm³/mol. The van der Waals surface area contributed by atoms with Crippen molar-refractivity contribution in [1.29, 1.82) is 0 Å². The molecule has 2 unspecified atom stereocenters. The number of hydrogen-bond acceptors (Lipinski definition) is 3. The molecular weight excluding hydrogens is 274 g/mol. The number of hydrogen-bond donors (Lipinski definition) is 0. The Morgan fingerprint density at radius 1 is 1.36 bits per heavy atom. The van der Waals surface area contributed by atoms with Crippen molar-refractivity contribution >= 4 is 0 Å². The lowest BCUT2D eigenvalue weighted by Gasteiger charge is -2.56. The molecule has 1 fully saturated rings. The van der Waals surface area contributed by atoms with Crippen molar-refractivity contribution in [3.05, 3.63) is 40.7 Å². The number of aryl methyl sites for hydroxylation is 1. The molecule has 0 saturated carbocycles. The fourth-order valence-electron chi connectivity index (χ4n) is 5.66. The van der Waals surface area contributed by atoms with Gasteiger partial charge in [-0.05, 0) is 62.9 Å². The first-order chi connectivity index (χ1) is 10.7. The fourth-order valence-corrected chi connectivity index (χ4v) is 5.66. The van der Waals surface area contributed by atoms with Crippen LogP contribution in [0.15, 0.2) is 24.0 Å². The number of methoxy groups -OCH3 is 1. The maximum Gasteiger partial charge on any atom is 0.165 e. The van der Waals surface area contributed by atoms with Crippen LogP contribution in [0, 0.1) is 12.8 Å². The lowest BCUT2D eigenvalue weighted by Crippen LogP contribution is -2.63. The van der Waals surface area contributed by atoms with Crippen LogP contribution < -0.4 is 4.74 Å². The van der Waals surface area contributed by atoms with Gasteiger partial charge in [-0.3, -0.25) is 0 Å². The molecule has 2 bridgehead atoms. The minimum absolute atomic E-state index is 0.0857. The molecule has 5 rings (SSSR count). The molecule has 22 heavy (non-hydrogen) atoms. The average molecular weight is 297 g/mol. The molecule has 1 aromatic carbocycles. The number of likely N-dealkylation sites (tertiary alicyclic amines) is 1. The van der Waals surface area contributed by atoms with Crippen LogP contribution in [0.25, 0.3) is 0 Å². The third kappa shape index (κ3) is 1.28. The highest BCUT2D eigenvalue weighted by Gasteiger charge is 2.64. The Morgan fingerprint density at radius 3 is 3.05 bits per heavy atom. The molecule has 116 valence electrons. The van der Waals surface area contributed by atoms with E-state index in [4.69, 9.17) is 9.47 Å². The van der Waals surface area contributed by atoms with E-state index < -0.39 is 0 Å². The van der Waals surface area contributed by atoms with E-state index in [0.29, 0.717) is 12.0 Å². The fraction of sp³-hybridized carbons (Fsp3) is 0.579. The van der Waals surface area contributed by atoms with Crippen molar-refractivity contribution in [2.45, 2.75) is 43.7 Å². The molecule has 0 N–H and O–H groups in total. The Hall–Kier alpha value is -1.48. The van der Waals surface area contributed by atoms with Crippen LogP contribution >= 0.6 is 0 Å². The molecule has 3 heteroatoms. The summed E-state index contributed by atoms with van der Waals surface area (Å²) in [5.41, 5.74) is 4.45. The Bertz CT molecular complexity index is 695. The van der Waals surface area contributed by atoms with Crippen molar-refractivity contribution in [2.24, 2.45) is 5.92 Å². The normalized spacial score (nSPS) is 38.1. The summed E-state index contributed by atoms with van der Waals surface area (Å²) in [6, 6.07) is 5.21. The summed E-state index contributed by atoms with van der Waals surface area (Å²) in [5.74, 6) is 2.86. The topological polar surface area (TPSA) is 21.7 Å². The summed E-state index contributed by atoms with van der Waals surface area (Å²) >= 11 is 0. The molecule has 2 heterocycles. The molecule has 0 amide bonds. The van der Waals surface area contributed by atoms with Crippen molar-refractivity contribution in [1.82, 2.24) is 4.90 Å². The standard InChI is InChI=1S/C19H23NO2/c1-11-4-5-12-10-14-13-6-7-15(21-3)18-19(13,8-9-20(14)2)16(12)17(11)22-18/h4-5,7,13-14,18H,6,8-10H2,1-3H3/t13?,14?,18-,19-/m0/s1. The maximum absolute atomic E-state index is 6.54. The minimum atomic E-state index is 0.0857. The van der Waals surface area contributed by atoms with Crippen LogP contribution in [0.1, 0.15) is 29.5 Å². The van der Waals surface area contributed by atoms with Crippen molar-refractivity contribution in [3.63, 3.8) is 0 Å². The minimum Gasteiger partial charge on any atom is -0.497 e. The molecule has 1 saturated heterocycles. The summed E-state index contributed by atoms with van der Waals surface area (Å²) in [6.07, 6.45) is 5.83. The molecular formula is C19H23NO2. The lowest BCUT2D eigenvalue weighted by atomic mass is 9.53. The first-order valence-electron chi connectivity index (χ1n) is 8.40. The van der Waals surface area contributed by atoms with E-state index in [9.17, 15) is 0 Å². The van der Waals surface area contributed by atoms with Crippen LogP contribution in [-0.4, -0.2) is 37.7 Å². The van der Waals surface area contributed by atoms with E-state index in [1.807, 2.05) is 0 Å². The first kappa shape index (κ1) is 13.0. The van der Waals surface area contributed by atoms with Gasteiger partial charge in [0.25, 0.3) is 0 Å². The molecule has 0 radical (unpaired) electrons. The van der Waals surface area contributed by atoms with Gasteiger partial charge in [0, 0.05) is 17.0 Å². The summed E-state index contributed by atoms with van der Waals surface area (Å²) in [5, 5.41) is 0. The van der Waals surface area contributed by atoms with Crippen molar-refractivity contribution < 1.29 is 9.47 Å². The van der Waals surface area contributed by atoms with Crippen LogP contribution in [0.3, 0.4) is 0 Å². The zero-order valence-corrected chi connectivity index (χ0v) is 13.6. The van der Waals surface area contributed by atoms with Crippen LogP contribution in [0.5, 0.6) is 5.75 Å². The van der Waals surface area contributed by atoms with Crippen molar-refractivity contribution in [2.75, 3.05) is 20.7 Å². The molecule has 3 nitrogen and oxygen atoms in total. The van der Waals surface area contributed by atoms with Gasteiger partial charge in [0.2, 0.25) is 0 Å². The Labute approximate surface area is 131 Å². The highest BCUT2D eigenvalue weighted by molar-refractivity contribution is 5.59. The predicted octanol–water partition coefficient (Wildman–Crippen LogP) is 2.80. The van der Waals surface area contributed by atoms with Gasteiger partial charge in [-0.1, -0.05) is 12.1 Å². The molecule has 2 aliphatic carbocycles. The summed E-state index contributed by atoms with van der Waals surface area (Å²) in [6.45, 7) is 3.33. The van der Waals surface area contributed by atoms with E-state index in [0.717, 1.165) is 30.9 Å². The number of ether oxygens (including phenoxy) is 2. The van der Waals surface area contributed by atoms with Gasteiger partial charge < -0.3 is 14.4 Å². The molecule has 1 spiro atoms. The second-order valence-corrected chi connectivity index (χ2v) is 7.44. The van der Waals surface area contributed by atoms with Crippen LogP contribution in [0.4, 0.5) is 0 Å². The van der Waals surface area contributed by atoms with Gasteiger partial charge in [-0.25, -0.2) is 0 Å². The average Bonchev–Trinajstić information content (AvgIpc) is 2.88. The van der Waals surface area contributed by atoms with Crippen LogP contribution in [0.2, 0.25) is 0 Å². The monoisotopic (exact) mass is 297 g/mol. The van der Waals surface area contributed by atoms with Crippen LogP contribution in [-0.2, 0) is 16.6 Å². The largest absolute Gasteiger partial charge is 0.497 e. The highest BCUT2D eigenvalue weighted by atomic mass is 16.5. The van der Waals surface area contributed by atoms with E-state index in [1.54, 1.807) is 7.11 Å². The second-order valence-electron chi connectivity index (χ2n) is 7.44. The summed E-state index contributed by atoms with van der Waals surface area (Å²) in [4.78, 5) is 2.57. The number of allylic oxidation sites excluding steroid dienone is 1. The molecule has 4 aliphatic rings. The Balaban J connectivity index is 1.82. The highest BCUT2D eigenvalue weighted by Crippen LogP contribution is 2.62. The van der Waals surface area contributed by atoms with Crippen molar-refractivity contribution in [3.8, 4) is 5.75 Å². The van der Waals surface area contributed by atoms with E-state index in [-0.39, 0.29) is 11.5 Å². The summed E-state index contributed by atoms with van der Waals surface area (Å²) < 4.78 is 12.3. The smallest absolute Gasteiger partial charge is 0.165 e. The molecule has 0 aromatic heterocycles. The van der Waals surface area contributed by atoms with E-state index in [1.165, 1.54) is 23.1 Å². The third-order valence-corrected chi connectivity index (χ3v) is 6.68. The van der Waals surface area contributed by atoms with Gasteiger partial charge in [0.05, 0.1) is 7.11 Å². The number of rotatable bonds is 1. The van der Waals surface area contributed by atoms with E-state index >= 15 is 0 Å². The zero-order chi connectivity index (χ0) is 15.1. The molecule has 1 aromatic rings. The maximum atomic E-state index is 6.54. The Kier molecular flexibility index (Phi) is 2.41. The number of benzene rings is 1. The van der Waals surface area contributed by atoms with Gasteiger partial charge in [0.1, 0.15) is 11.5 Å². The number of nitrogens with zero attached hydrogens (tertiary/aromatic N) is 1. The van der Waals surface area contributed by atoms with Gasteiger partial charge in [0.15, 0.2) is 6.10 Å². The zero-order valence-electron chi connectivity index (χ0n) is 13.6. The first-order valence-corrected chi connectivity index (χ1v) is 8.40. The lowest BCUT2D eigenvalue weighted by molar-refractivity contribution is -0.0266. The van der Waals surface area contributed by atoms with Gasteiger partial charge in [-0.15, -0.1) is 0 Å². The second kappa shape index (κ2) is 4.08.